The summed E-state index contributed by atoms with van der Waals surface area (Å²) in [4.78, 5) is 0. The molecule has 1 aromatic heterocycles. The SMILES string of the molecule is Nc1nnc2ccc(Br)cc2c1N. The second kappa shape index (κ2) is 2.85. The van der Waals surface area contributed by atoms with Crippen molar-refractivity contribution in [2.24, 2.45) is 0 Å². The third-order valence-corrected chi connectivity index (χ3v) is 2.28. The topological polar surface area (TPSA) is 77.8 Å². The van der Waals surface area contributed by atoms with E-state index in [1.165, 1.54) is 0 Å². The minimum absolute atomic E-state index is 0.269. The number of fused-ring (bicyclic) bond motifs is 1. The van der Waals surface area contributed by atoms with E-state index in [1.807, 2.05) is 18.2 Å². The number of nitrogens with two attached hydrogens (primary N) is 2. The number of aromatic nitrogens is 2. The standard InChI is InChI=1S/C8H7BrN4/c9-4-1-2-6-5(3-4)7(10)8(11)13-12-6/h1-3H,(H2,10,12)(H2,11,13). The average molecular weight is 239 g/mol. The highest BCUT2D eigenvalue weighted by Crippen LogP contribution is 2.25. The number of nitrogens with zero attached hydrogens (tertiary/aromatic N) is 2. The van der Waals surface area contributed by atoms with Gasteiger partial charge in [-0.3, -0.25) is 0 Å². The Kier molecular flexibility index (Phi) is 1.81. The number of rotatable bonds is 0. The van der Waals surface area contributed by atoms with Crippen LogP contribution in [0.2, 0.25) is 0 Å². The fourth-order valence-electron chi connectivity index (χ4n) is 1.11. The van der Waals surface area contributed by atoms with Gasteiger partial charge in [-0.15, -0.1) is 10.2 Å². The molecule has 0 aliphatic heterocycles. The van der Waals surface area contributed by atoms with Gasteiger partial charge in [0, 0.05) is 9.86 Å². The number of nitrogen functional groups attached to an aromatic ring is 2. The first-order valence-corrected chi connectivity index (χ1v) is 4.44. The number of benzene rings is 1. The van der Waals surface area contributed by atoms with Crippen molar-refractivity contribution in [2.45, 2.75) is 0 Å². The molecule has 0 bridgehead atoms. The molecule has 0 atom stereocenters. The first-order valence-electron chi connectivity index (χ1n) is 3.65. The molecule has 2 rings (SSSR count). The molecule has 66 valence electrons. The van der Waals surface area contributed by atoms with Crippen LogP contribution < -0.4 is 11.5 Å². The molecule has 0 aliphatic rings. The molecule has 5 heteroatoms. The molecule has 1 aromatic carbocycles. The molecule has 4 N–H and O–H groups in total. The van der Waals surface area contributed by atoms with Crippen molar-refractivity contribution < 1.29 is 0 Å². The first kappa shape index (κ1) is 8.25. The van der Waals surface area contributed by atoms with Gasteiger partial charge >= 0.3 is 0 Å². The van der Waals surface area contributed by atoms with Gasteiger partial charge in [-0.25, -0.2) is 0 Å². The lowest BCUT2D eigenvalue weighted by Crippen LogP contribution is -2.00. The number of hydrogen-bond acceptors (Lipinski definition) is 4. The molecule has 1 heterocycles. The van der Waals surface area contributed by atoms with E-state index in [2.05, 4.69) is 26.1 Å². The molecular formula is C8H7BrN4. The van der Waals surface area contributed by atoms with Gasteiger partial charge in [0.15, 0.2) is 5.82 Å². The minimum Gasteiger partial charge on any atom is -0.395 e. The minimum atomic E-state index is 0.269. The Hall–Kier alpha value is -1.36. The van der Waals surface area contributed by atoms with E-state index in [0.29, 0.717) is 5.69 Å². The molecule has 0 unspecified atom stereocenters. The van der Waals surface area contributed by atoms with Crippen molar-refractivity contribution in [3.05, 3.63) is 22.7 Å². The van der Waals surface area contributed by atoms with E-state index in [4.69, 9.17) is 11.5 Å². The van der Waals surface area contributed by atoms with Gasteiger partial charge in [-0.05, 0) is 18.2 Å². The van der Waals surface area contributed by atoms with Crippen molar-refractivity contribution in [1.29, 1.82) is 0 Å². The van der Waals surface area contributed by atoms with Gasteiger partial charge in [-0.2, -0.15) is 0 Å². The molecule has 0 aliphatic carbocycles. The van der Waals surface area contributed by atoms with Crippen molar-refractivity contribution in [2.75, 3.05) is 11.5 Å². The largest absolute Gasteiger partial charge is 0.395 e. The molecule has 0 saturated carbocycles. The quantitative estimate of drug-likeness (QED) is 0.731. The summed E-state index contributed by atoms with van der Waals surface area (Å²) in [5.41, 5.74) is 12.5. The van der Waals surface area contributed by atoms with Crippen LogP contribution in [0, 0.1) is 0 Å². The summed E-state index contributed by atoms with van der Waals surface area (Å²) in [7, 11) is 0. The molecule has 0 radical (unpaired) electrons. The van der Waals surface area contributed by atoms with E-state index in [0.717, 1.165) is 15.4 Å². The smallest absolute Gasteiger partial charge is 0.169 e. The van der Waals surface area contributed by atoms with Crippen LogP contribution in [0.25, 0.3) is 10.9 Å². The number of halogens is 1. The van der Waals surface area contributed by atoms with Gasteiger partial charge in [0.2, 0.25) is 0 Å². The average Bonchev–Trinajstić information content (AvgIpc) is 2.12. The van der Waals surface area contributed by atoms with Crippen LogP contribution >= 0.6 is 15.9 Å². The van der Waals surface area contributed by atoms with E-state index in [-0.39, 0.29) is 5.82 Å². The normalized spacial score (nSPS) is 10.5. The second-order valence-electron chi connectivity index (χ2n) is 2.66. The third-order valence-electron chi connectivity index (χ3n) is 1.79. The Morgan fingerprint density at radius 1 is 1.15 bits per heavy atom. The highest BCUT2D eigenvalue weighted by molar-refractivity contribution is 9.10. The Bertz CT molecular complexity index is 464. The van der Waals surface area contributed by atoms with Gasteiger partial charge < -0.3 is 11.5 Å². The molecule has 2 aromatic rings. The van der Waals surface area contributed by atoms with E-state index < -0.39 is 0 Å². The van der Waals surface area contributed by atoms with Gasteiger partial charge in [-0.1, -0.05) is 15.9 Å². The fourth-order valence-corrected chi connectivity index (χ4v) is 1.47. The van der Waals surface area contributed by atoms with Gasteiger partial charge in [0.05, 0.1) is 11.2 Å². The molecule has 4 nitrogen and oxygen atoms in total. The molecular weight excluding hydrogens is 232 g/mol. The Balaban J connectivity index is 2.89. The number of hydrogen-bond donors (Lipinski definition) is 2. The third kappa shape index (κ3) is 1.31. The zero-order valence-corrected chi connectivity index (χ0v) is 8.25. The molecule has 13 heavy (non-hydrogen) atoms. The van der Waals surface area contributed by atoms with E-state index in [1.54, 1.807) is 0 Å². The summed E-state index contributed by atoms with van der Waals surface area (Å²) in [5.74, 6) is 0.269. The summed E-state index contributed by atoms with van der Waals surface area (Å²) in [6.07, 6.45) is 0. The highest BCUT2D eigenvalue weighted by Gasteiger charge is 2.04. The summed E-state index contributed by atoms with van der Waals surface area (Å²) in [6.45, 7) is 0. The molecule has 0 saturated heterocycles. The monoisotopic (exact) mass is 238 g/mol. The van der Waals surface area contributed by atoms with Crippen LogP contribution in [0.4, 0.5) is 11.5 Å². The zero-order valence-electron chi connectivity index (χ0n) is 6.66. The molecule has 0 amide bonds. The summed E-state index contributed by atoms with van der Waals surface area (Å²) < 4.78 is 0.944. The van der Waals surface area contributed by atoms with E-state index in [9.17, 15) is 0 Å². The predicted molar refractivity (Wildman–Crippen MR) is 56.1 cm³/mol. The first-order chi connectivity index (χ1) is 6.18. The van der Waals surface area contributed by atoms with E-state index >= 15 is 0 Å². The molecule has 0 fully saturated rings. The lowest BCUT2D eigenvalue weighted by atomic mass is 10.2. The summed E-state index contributed by atoms with van der Waals surface area (Å²) in [6, 6.07) is 5.59. The van der Waals surface area contributed by atoms with Crippen LogP contribution in [0.3, 0.4) is 0 Å². The van der Waals surface area contributed by atoms with Crippen molar-refractivity contribution in [3.63, 3.8) is 0 Å². The van der Waals surface area contributed by atoms with Crippen molar-refractivity contribution in [3.8, 4) is 0 Å². The maximum atomic E-state index is 5.74. The lowest BCUT2D eigenvalue weighted by molar-refractivity contribution is 1.09. The van der Waals surface area contributed by atoms with Crippen LogP contribution in [0.5, 0.6) is 0 Å². The Labute approximate surface area is 83.1 Å². The number of anilines is 2. The zero-order chi connectivity index (χ0) is 9.42. The maximum Gasteiger partial charge on any atom is 0.169 e. The van der Waals surface area contributed by atoms with Gasteiger partial charge in [0.1, 0.15) is 0 Å². The van der Waals surface area contributed by atoms with Crippen LogP contribution in [0.15, 0.2) is 22.7 Å². The summed E-state index contributed by atoms with van der Waals surface area (Å²) >= 11 is 3.35. The summed E-state index contributed by atoms with van der Waals surface area (Å²) in [5, 5.41) is 8.45. The van der Waals surface area contributed by atoms with Crippen LogP contribution in [-0.2, 0) is 0 Å². The lowest BCUT2D eigenvalue weighted by Gasteiger charge is -2.02. The van der Waals surface area contributed by atoms with Crippen LogP contribution in [0.1, 0.15) is 0 Å². The fraction of sp³-hybridized carbons (Fsp3) is 0. The van der Waals surface area contributed by atoms with Crippen molar-refractivity contribution in [1.82, 2.24) is 10.2 Å². The van der Waals surface area contributed by atoms with Gasteiger partial charge in [0.25, 0.3) is 0 Å². The van der Waals surface area contributed by atoms with Crippen molar-refractivity contribution >= 4 is 38.3 Å². The predicted octanol–water partition coefficient (Wildman–Crippen LogP) is 1.56. The maximum absolute atomic E-state index is 5.74. The molecule has 0 spiro atoms. The van der Waals surface area contributed by atoms with Crippen LogP contribution in [-0.4, -0.2) is 10.2 Å². The second-order valence-corrected chi connectivity index (χ2v) is 3.58. The Morgan fingerprint density at radius 3 is 2.69 bits per heavy atom. The Morgan fingerprint density at radius 2 is 1.92 bits per heavy atom. The highest BCUT2D eigenvalue weighted by atomic mass is 79.9.